The summed E-state index contributed by atoms with van der Waals surface area (Å²) in [6, 6.07) is 8.21. The number of rotatable bonds is 2. The fourth-order valence-electron chi connectivity index (χ4n) is 2.15. The molecule has 1 fully saturated rings. The largest absolute Gasteiger partial charge is 0.490 e. The van der Waals surface area contributed by atoms with Gasteiger partial charge >= 0.3 is 0 Å². The van der Waals surface area contributed by atoms with Crippen LogP contribution in [0.25, 0.3) is 0 Å². The first-order valence-corrected chi connectivity index (χ1v) is 6.79. The molecule has 0 saturated carbocycles. The second-order valence-electron chi connectivity index (χ2n) is 4.42. The van der Waals surface area contributed by atoms with E-state index in [2.05, 4.69) is 48.6 Å². The van der Waals surface area contributed by atoms with E-state index in [1.165, 1.54) is 3.57 Å². The molecule has 1 aliphatic heterocycles. The van der Waals surface area contributed by atoms with Crippen molar-refractivity contribution in [2.45, 2.75) is 45.0 Å². The van der Waals surface area contributed by atoms with Crippen LogP contribution in [0.3, 0.4) is 0 Å². The molecule has 2 atom stereocenters. The smallest absolute Gasteiger partial charge is 0.119 e. The first-order chi connectivity index (χ1) is 7.63. The Morgan fingerprint density at radius 3 is 2.25 bits per heavy atom. The molecule has 1 saturated heterocycles. The number of hydrogen-bond acceptors (Lipinski definition) is 2. The summed E-state index contributed by atoms with van der Waals surface area (Å²) in [7, 11) is 0. The lowest BCUT2D eigenvalue weighted by Crippen LogP contribution is -2.35. The summed E-state index contributed by atoms with van der Waals surface area (Å²) in [5.74, 6) is 0.965. The van der Waals surface area contributed by atoms with Crippen LogP contribution in [0.4, 0.5) is 0 Å². The predicted molar refractivity (Wildman–Crippen MR) is 72.8 cm³/mol. The van der Waals surface area contributed by atoms with E-state index in [1.54, 1.807) is 0 Å². The van der Waals surface area contributed by atoms with Crippen molar-refractivity contribution in [3.05, 3.63) is 27.8 Å². The zero-order valence-corrected chi connectivity index (χ0v) is 11.8. The fraction of sp³-hybridized carbons (Fsp3) is 0.538. The van der Waals surface area contributed by atoms with Crippen LogP contribution in [-0.4, -0.2) is 18.3 Å². The van der Waals surface area contributed by atoms with Gasteiger partial charge in [-0.05, 0) is 60.7 Å². The molecule has 0 bridgehead atoms. The van der Waals surface area contributed by atoms with E-state index in [9.17, 15) is 0 Å². The zero-order chi connectivity index (χ0) is 11.5. The maximum Gasteiger partial charge on any atom is 0.119 e. The van der Waals surface area contributed by atoms with Crippen LogP contribution in [0, 0.1) is 3.57 Å². The van der Waals surface area contributed by atoms with Crippen molar-refractivity contribution in [3.8, 4) is 5.75 Å². The maximum absolute atomic E-state index is 5.97. The molecule has 1 aromatic rings. The van der Waals surface area contributed by atoms with Crippen LogP contribution in [0.1, 0.15) is 26.7 Å². The highest BCUT2D eigenvalue weighted by atomic mass is 127. The lowest BCUT2D eigenvalue weighted by atomic mass is 10.0. The SMILES string of the molecule is CC1CC(Oc2ccc(I)cc2)CC(C)O1. The van der Waals surface area contributed by atoms with Gasteiger partial charge < -0.3 is 9.47 Å². The van der Waals surface area contributed by atoms with E-state index < -0.39 is 0 Å². The molecule has 0 N–H and O–H groups in total. The Labute approximate surface area is 110 Å². The van der Waals surface area contributed by atoms with E-state index in [0.29, 0.717) is 18.3 Å². The van der Waals surface area contributed by atoms with Gasteiger partial charge in [0.2, 0.25) is 0 Å². The highest BCUT2D eigenvalue weighted by Gasteiger charge is 2.25. The number of benzene rings is 1. The van der Waals surface area contributed by atoms with Crippen LogP contribution in [0.15, 0.2) is 24.3 Å². The first kappa shape index (κ1) is 12.2. The van der Waals surface area contributed by atoms with Crippen molar-refractivity contribution in [1.82, 2.24) is 0 Å². The topological polar surface area (TPSA) is 18.5 Å². The van der Waals surface area contributed by atoms with Crippen molar-refractivity contribution < 1.29 is 9.47 Å². The molecule has 0 aromatic heterocycles. The molecular formula is C13H17IO2. The van der Waals surface area contributed by atoms with Gasteiger partial charge in [-0.3, -0.25) is 0 Å². The van der Waals surface area contributed by atoms with Gasteiger partial charge in [0.15, 0.2) is 0 Å². The molecule has 2 unspecified atom stereocenters. The van der Waals surface area contributed by atoms with E-state index in [4.69, 9.17) is 9.47 Å². The monoisotopic (exact) mass is 332 g/mol. The Morgan fingerprint density at radius 1 is 1.12 bits per heavy atom. The standard InChI is InChI=1S/C13H17IO2/c1-9-7-13(8-10(2)15-9)16-12-5-3-11(14)4-6-12/h3-6,9-10,13H,7-8H2,1-2H3. The van der Waals surface area contributed by atoms with Crippen molar-refractivity contribution in [3.63, 3.8) is 0 Å². The minimum Gasteiger partial charge on any atom is -0.490 e. The summed E-state index contributed by atoms with van der Waals surface area (Å²) >= 11 is 2.30. The summed E-state index contributed by atoms with van der Waals surface area (Å²) in [5, 5.41) is 0. The Balaban J connectivity index is 1.96. The third-order valence-corrected chi connectivity index (χ3v) is 3.49. The predicted octanol–water partition coefficient (Wildman–Crippen LogP) is 3.63. The second-order valence-corrected chi connectivity index (χ2v) is 5.67. The quantitative estimate of drug-likeness (QED) is 0.770. The molecule has 2 rings (SSSR count). The number of hydrogen-bond donors (Lipinski definition) is 0. The first-order valence-electron chi connectivity index (χ1n) is 5.71. The lowest BCUT2D eigenvalue weighted by molar-refractivity contribution is -0.0721. The van der Waals surface area contributed by atoms with Crippen LogP contribution in [0.2, 0.25) is 0 Å². The second kappa shape index (κ2) is 5.36. The van der Waals surface area contributed by atoms with Crippen molar-refractivity contribution in [2.24, 2.45) is 0 Å². The molecule has 1 aromatic carbocycles. The molecule has 1 aliphatic rings. The van der Waals surface area contributed by atoms with Crippen LogP contribution < -0.4 is 4.74 Å². The fourth-order valence-corrected chi connectivity index (χ4v) is 2.51. The molecule has 1 heterocycles. The molecule has 0 spiro atoms. The Hall–Kier alpha value is -0.290. The summed E-state index contributed by atoms with van der Waals surface area (Å²) in [6.07, 6.45) is 2.86. The minimum atomic E-state index is 0.291. The normalized spacial score (nSPS) is 30.1. The van der Waals surface area contributed by atoms with E-state index in [-0.39, 0.29) is 0 Å². The Morgan fingerprint density at radius 2 is 1.69 bits per heavy atom. The van der Waals surface area contributed by atoms with Gasteiger partial charge in [-0.15, -0.1) is 0 Å². The third-order valence-electron chi connectivity index (χ3n) is 2.77. The van der Waals surface area contributed by atoms with E-state index in [1.807, 2.05) is 12.1 Å². The van der Waals surface area contributed by atoms with Crippen LogP contribution >= 0.6 is 22.6 Å². The molecular weight excluding hydrogens is 315 g/mol. The van der Waals surface area contributed by atoms with Crippen molar-refractivity contribution in [1.29, 1.82) is 0 Å². The maximum atomic E-state index is 5.97. The molecule has 2 nitrogen and oxygen atoms in total. The number of halogens is 1. The third kappa shape index (κ3) is 3.35. The van der Waals surface area contributed by atoms with Crippen molar-refractivity contribution in [2.75, 3.05) is 0 Å². The highest BCUT2D eigenvalue weighted by molar-refractivity contribution is 14.1. The van der Waals surface area contributed by atoms with Gasteiger partial charge in [0.25, 0.3) is 0 Å². The highest BCUT2D eigenvalue weighted by Crippen LogP contribution is 2.24. The van der Waals surface area contributed by atoms with Gasteiger partial charge in [0, 0.05) is 16.4 Å². The Kier molecular flexibility index (Phi) is 4.08. The van der Waals surface area contributed by atoms with Gasteiger partial charge in [0.05, 0.1) is 12.2 Å². The van der Waals surface area contributed by atoms with Crippen LogP contribution in [0.5, 0.6) is 5.75 Å². The van der Waals surface area contributed by atoms with Gasteiger partial charge in [-0.2, -0.15) is 0 Å². The molecule has 16 heavy (non-hydrogen) atoms. The molecule has 3 heteroatoms. The Bertz CT molecular complexity index is 326. The van der Waals surface area contributed by atoms with E-state index >= 15 is 0 Å². The zero-order valence-electron chi connectivity index (χ0n) is 9.65. The van der Waals surface area contributed by atoms with Crippen LogP contribution in [-0.2, 0) is 4.74 Å². The average Bonchev–Trinajstić information content (AvgIpc) is 2.20. The molecule has 0 aliphatic carbocycles. The summed E-state index contributed by atoms with van der Waals surface area (Å²) in [6.45, 7) is 4.22. The minimum absolute atomic E-state index is 0.291. The molecule has 88 valence electrons. The molecule has 0 amide bonds. The van der Waals surface area contributed by atoms with E-state index in [0.717, 1.165) is 18.6 Å². The van der Waals surface area contributed by atoms with Gasteiger partial charge in [-0.1, -0.05) is 0 Å². The van der Waals surface area contributed by atoms with Gasteiger partial charge in [-0.25, -0.2) is 0 Å². The molecule has 0 radical (unpaired) electrons. The summed E-state index contributed by atoms with van der Waals surface area (Å²) < 4.78 is 12.9. The summed E-state index contributed by atoms with van der Waals surface area (Å²) in [4.78, 5) is 0. The average molecular weight is 332 g/mol. The van der Waals surface area contributed by atoms with Crippen molar-refractivity contribution >= 4 is 22.6 Å². The van der Waals surface area contributed by atoms with Gasteiger partial charge in [0.1, 0.15) is 11.9 Å². The number of ether oxygens (including phenoxy) is 2. The summed E-state index contributed by atoms with van der Waals surface area (Å²) in [5.41, 5.74) is 0. The lowest BCUT2D eigenvalue weighted by Gasteiger charge is -2.32.